The molecule has 0 radical (unpaired) electrons. The first-order chi connectivity index (χ1) is 5.46. The molecule has 0 aromatic rings. The van der Waals surface area contributed by atoms with Crippen LogP contribution in [-0.2, 0) is 19.4 Å². The van der Waals surface area contributed by atoms with Gasteiger partial charge in [-0.3, -0.25) is 4.79 Å². The zero-order chi connectivity index (χ0) is 9.35. The number of carbonyl (C=O) groups is 1. The molecule has 0 aromatic carbocycles. The first-order valence-corrected chi connectivity index (χ1v) is 5.25. The van der Waals surface area contributed by atoms with Crippen LogP contribution in [0.5, 0.6) is 0 Å². The van der Waals surface area contributed by atoms with Gasteiger partial charge in [-0.1, -0.05) is 0 Å². The van der Waals surface area contributed by atoms with Gasteiger partial charge in [0, 0.05) is 0 Å². The fraction of sp³-hybridized carbons (Fsp3) is 0.833. The number of aliphatic hydroxyl groups excluding tert-OH is 1. The van der Waals surface area contributed by atoms with Crippen molar-refractivity contribution in [3.05, 3.63) is 0 Å². The summed E-state index contributed by atoms with van der Waals surface area (Å²) in [5.41, 5.74) is 0. The maximum atomic E-state index is 10.9. The molecular weight excluding hydrogens is 184 g/mol. The van der Waals surface area contributed by atoms with Crippen molar-refractivity contribution in [2.75, 3.05) is 18.6 Å². The molecule has 0 saturated carbocycles. The van der Waals surface area contributed by atoms with E-state index >= 15 is 0 Å². The minimum Gasteiger partial charge on any atom is -0.469 e. The molecule has 2 unspecified atom stereocenters. The van der Waals surface area contributed by atoms with E-state index in [-0.39, 0.29) is 11.5 Å². The van der Waals surface area contributed by atoms with Crippen molar-refractivity contribution in [2.45, 2.75) is 6.10 Å². The maximum Gasteiger partial charge on any atom is 0.312 e. The van der Waals surface area contributed by atoms with Crippen LogP contribution in [0.4, 0.5) is 0 Å². The van der Waals surface area contributed by atoms with Crippen LogP contribution < -0.4 is 0 Å². The van der Waals surface area contributed by atoms with Crippen molar-refractivity contribution in [3.8, 4) is 0 Å². The molecule has 2 atom stereocenters. The fourth-order valence-electron chi connectivity index (χ4n) is 1.21. The van der Waals surface area contributed by atoms with Crippen molar-refractivity contribution >= 4 is 15.8 Å². The lowest BCUT2D eigenvalue weighted by Crippen LogP contribution is -2.27. The van der Waals surface area contributed by atoms with Crippen LogP contribution in [-0.4, -0.2) is 44.2 Å². The van der Waals surface area contributed by atoms with Gasteiger partial charge >= 0.3 is 5.97 Å². The Bertz CT molecular complexity index is 280. The van der Waals surface area contributed by atoms with Gasteiger partial charge in [-0.05, 0) is 0 Å². The first-order valence-electron chi connectivity index (χ1n) is 3.42. The lowest BCUT2D eigenvalue weighted by molar-refractivity contribution is -0.147. The van der Waals surface area contributed by atoms with E-state index in [4.69, 9.17) is 5.11 Å². The molecule has 0 spiro atoms. The van der Waals surface area contributed by atoms with Gasteiger partial charge in [0.05, 0.1) is 30.6 Å². The van der Waals surface area contributed by atoms with Crippen LogP contribution in [0.25, 0.3) is 0 Å². The highest BCUT2D eigenvalue weighted by molar-refractivity contribution is 7.91. The topological polar surface area (TPSA) is 80.7 Å². The molecule has 0 amide bonds. The Morgan fingerprint density at radius 2 is 2.08 bits per heavy atom. The molecule has 1 aliphatic rings. The molecule has 1 saturated heterocycles. The number of carbonyl (C=O) groups excluding carboxylic acids is 1. The lowest BCUT2D eigenvalue weighted by atomic mass is 10.1. The van der Waals surface area contributed by atoms with Gasteiger partial charge in [0.25, 0.3) is 0 Å². The molecule has 70 valence electrons. The van der Waals surface area contributed by atoms with Crippen molar-refractivity contribution in [1.82, 2.24) is 0 Å². The predicted molar refractivity (Wildman–Crippen MR) is 40.2 cm³/mol. The zero-order valence-corrected chi connectivity index (χ0v) is 7.37. The normalized spacial score (nSPS) is 33.2. The number of ether oxygens (including phenoxy) is 1. The second-order valence-electron chi connectivity index (χ2n) is 2.77. The molecule has 12 heavy (non-hydrogen) atoms. The van der Waals surface area contributed by atoms with Gasteiger partial charge in [0.15, 0.2) is 9.84 Å². The van der Waals surface area contributed by atoms with Crippen LogP contribution in [0.1, 0.15) is 0 Å². The Balaban J connectivity index is 2.77. The van der Waals surface area contributed by atoms with Crippen LogP contribution in [0.2, 0.25) is 0 Å². The summed E-state index contributed by atoms with van der Waals surface area (Å²) >= 11 is 0. The third-order valence-electron chi connectivity index (χ3n) is 1.83. The van der Waals surface area contributed by atoms with Crippen molar-refractivity contribution in [3.63, 3.8) is 0 Å². The second-order valence-corrected chi connectivity index (χ2v) is 4.93. The van der Waals surface area contributed by atoms with E-state index in [9.17, 15) is 13.2 Å². The van der Waals surface area contributed by atoms with Crippen LogP contribution >= 0.6 is 0 Å². The maximum absolute atomic E-state index is 10.9. The fourth-order valence-corrected chi connectivity index (χ4v) is 3.00. The highest BCUT2D eigenvalue weighted by Gasteiger charge is 2.41. The van der Waals surface area contributed by atoms with E-state index in [1.54, 1.807) is 0 Å². The minimum absolute atomic E-state index is 0.305. The predicted octanol–water partition coefficient (Wildman–Crippen LogP) is -1.44. The third kappa shape index (κ3) is 1.75. The van der Waals surface area contributed by atoms with Crippen molar-refractivity contribution < 1.29 is 23.1 Å². The van der Waals surface area contributed by atoms with E-state index in [1.165, 1.54) is 7.11 Å². The van der Waals surface area contributed by atoms with Gasteiger partial charge in [0.2, 0.25) is 0 Å². The van der Waals surface area contributed by atoms with E-state index < -0.39 is 27.8 Å². The molecular formula is C6H10O5S. The van der Waals surface area contributed by atoms with Crippen LogP contribution in [0.15, 0.2) is 0 Å². The monoisotopic (exact) mass is 194 g/mol. The van der Waals surface area contributed by atoms with Gasteiger partial charge < -0.3 is 9.84 Å². The molecule has 6 heteroatoms. The molecule has 1 aliphatic heterocycles. The van der Waals surface area contributed by atoms with E-state index in [0.29, 0.717) is 0 Å². The lowest BCUT2D eigenvalue weighted by Gasteiger charge is -2.08. The number of hydrogen-bond donors (Lipinski definition) is 1. The van der Waals surface area contributed by atoms with Crippen LogP contribution in [0, 0.1) is 5.92 Å². The summed E-state index contributed by atoms with van der Waals surface area (Å²) in [5.74, 6) is -2.21. The summed E-state index contributed by atoms with van der Waals surface area (Å²) in [6, 6.07) is 0. The molecule has 0 bridgehead atoms. The van der Waals surface area contributed by atoms with Gasteiger partial charge in [-0.25, -0.2) is 8.42 Å². The number of aliphatic hydroxyl groups is 1. The first kappa shape index (κ1) is 9.47. The molecule has 1 rings (SSSR count). The van der Waals surface area contributed by atoms with Gasteiger partial charge in [-0.15, -0.1) is 0 Å². The molecule has 0 aromatic heterocycles. The standard InChI is InChI=1S/C6H10O5S/c1-11-6(8)4-2-12(9,10)3-5(4)7/h4-5,7H,2-3H2,1H3. The smallest absolute Gasteiger partial charge is 0.312 e. The number of methoxy groups -OCH3 is 1. The molecule has 1 fully saturated rings. The minimum atomic E-state index is -3.25. The third-order valence-corrected chi connectivity index (χ3v) is 3.54. The second kappa shape index (κ2) is 3.02. The molecule has 1 N–H and O–H groups in total. The number of sulfone groups is 1. The number of rotatable bonds is 1. The van der Waals surface area contributed by atoms with E-state index in [1.807, 2.05) is 0 Å². The molecule has 0 aliphatic carbocycles. The van der Waals surface area contributed by atoms with E-state index in [0.717, 1.165) is 0 Å². The van der Waals surface area contributed by atoms with Gasteiger partial charge in [0.1, 0.15) is 0 Å². The van der Waals surface area contributed by atoms with Crippen LogP contribution in [0.3, 0.4) is 0 Å². The Morgan fingerprint density at radius 3 is 2.42 bits per heavy atom. The van der Waals surface area contributed by atoms with Gasteiger partial charge in [-0.2, -0.15) is 0 Å². The Morgan fingerprint density at radius 1 is 1.50 bits per heavy atom. The Kier molecular flexibility index (Phi) is 2.39. The average molecular weight is 194 g/mol. The largest absolute Gasteiger partial charge is 0.469 e. The molecule has 1 heterocycles. The highest BCUT2D eigenvalue weighted by atomic mass is 32.2. The van der Waals surface area contributed by atoms with E-state index in [2.05, 4.69) is 4.74 Å². The number of hydrogen-bond acceptors (Lipinski definition) is 5. The summed E-state index contributed by atoms with van der Waals surface area (Å²) in [6.45, 7) is 0. The van der Waals surface area contributed by atoms with Crippen molar-refractivity contribution in [1.29, 1.82) is 0 Å². The molecule has 5 nitrogen and oxygen atoms in total. The zero-order valence-electron chi connectivity index (χ0n) is 6.56. The number of esters is 1. The highest BCUT2D eigenvalue weighted by Crippen LogP contribution is 2.19. The summed E-state index contributed by atoms with van der Waals surface area (Å²) in [5, 5.41) is 9.15. The Labute approximate surface area is 70.3 Å². The summed E-state index contributed by atoms with van der Waals surface area (Å²) < 4.78 is 26.1. The summed E-state index contributed by atoms with van der Waals surface area (Å²) in [6.07, 6.45) is -1.11. The van der Waals surface area contributed by atoms with Crippen molar-refractivity contribution in [2.24, 2.45) is 5.92 Å². The average Bonchev–Trinajstić information content (AvgIpc) is 2.23. The summed E-state index contributed by atoms with van der Waals surface area (Å²) in [4.78, 5) is 10.9. The summed E-state index contributed by atoms with van der Waals surface area (Å²) in [7, 11) is -2.08. The Hall–Kier alpha value is -0.620. The SMILES string of the molecule is COC(=O)C1CS(=O)(=O)CC1O. The quantitative estimate of drug-likeness (QED) is 0.517.